The Morgan fingerprint density at radius 2 is 1.82 bits per heavy atom. The lowest BCUT2D eigenvalue weighted by Gasteiger charge is -2.08. The van der Waals surface area contributed by atoms with Crippen molar-refractivity contribution in [1.82, 2.24) is 0 Å². The molecule has 0 aliphatic carbocycles. The molecule has 0 radical (unpaired) electrons. The summed E-state index contributed by atoms with van der Waals surface area (Å²) in [6.07, 6.45) is 1.67. The highest BCUT2D eigenvalue weighted by Crippen LogP contribution is 2.33. The van der Waals surface area contributed by atoms with Crippen molar-refractivity contribution < 1.29 is 17.9 Å². The van der Waals surface area contributed by atoms with Gasteiger partial charge < -0.3 is 9.47 Å². The summed E-state index contributed by atoms with van der Waals surface area (Å²) in [5.41, 5.74) is 1.64. The number of benzene rings is 2. The predicted molar refractivity (Wildman–Crippen MR) is 84.8 cm³/mol. The van der Waals surface area contributed by atoms with Gasteiger partial charge in [-0.2, -0.15) is 0 Å². The number of ether oxygens (including phenoxy) is 2. The SMILES string of the molecule is COc1cccc(OCC2=Cc3ccc(C)cc3S2(=O)=O)c1. The number of sulfone groups is 1. The van der Waals surface area contributed by atoms with Crippen LogP contribution in [0.15, 0.2) is 52.3 Å². The van der Waals surface area contributed by atoms with Crippen molar-refractivity contribution in [1.29, 1.82) is 0 Å². The molecule has 2 aromatic rings. The van der Waals surface area contributed by atoms with Gasteiger partial charge in [0.1, 0.15) is 18.1 Å². The Morgan fingerprint density at radius 1 is 1.05 bits per heavy atom. The van der Waals surface area contributed by atoms with Crippen LogP contribution in [-0.4, -0.2) is 22.1 Å². The van der Waals surface area contributed by atoms with Gasteiger partial charge in [0.05, 0.1) is 16.9 Å². The van der Waals surface area contributed by atoms with Crippen molar-refractivity contribution in [3.05, 3.63) is 58.5 Å². The molecule has 0 spiro atoms. The van der Waals surface area contributed by atoms with Gasteiger partial charge in [-0.1, -0.05) is 18.2 Å². The van der Waals surface area contributed by atoms with Crippen LogP contribution < -0.4 is 9.47 Å². The van der Waals surface area contributed by atoms with E-state index in [1.54, 1.807) is 43.5 Å². The first-order chi connectivity index (χ1) is 10.5. The third kappa shape index (κ3) is 2.60. The van der Waals surface area contributed by atoms with E-state index in [1.807, 2.05) is 19.1 Å². The first-order valence-electron chi connectivity index (χ1n) is 6.84. The second-order valence-electron chi connectivity index (χ2n) is 5.12. The predicted octanol–water partition coefficient (Wildman–Crippen LogP) is 3.21. The van der Waals surface area contributed by atoms with Crippen LogP contribution in [0.4, 0.5) is 0 Å². The summed E-state index contributed by atoms with van der Waals surface area (Å²) in [6, 6.07) is 12.5. The van der Waals surface area contributed by atoms with Gasteiger partial charge in [-0.15, -0.1) is 0 Å². The average Bonchev–Trinajstić information content (AvgIpc) is 2.76. The molecular weight excluding hydrogens is 300 g/mol. The number of hydrogen-bond donors (Lipinski definition) is 0. The summed E-state index contributed by atoms with van der Waals surface area (Å²) in [5, 5.41) is 0. The molecule has 0 N–H and O–H groups in total. The van der Waals surface area contributed by atoms with Crippen LogP contribution in [0, 0.1) is 6.92 Å². The Kier molecular flexibility index (Phi) is 3.66. The monoisotopic (exact) mass is 316 g/mol. The average molecular weight is 316 g/mol. The van der Waals surface area contributed by atoms with Gasteiger partial charge in [0.25, 0.3) is 0 Å². The standard InChI is InChI=1S/C17H16O4S/c1-12-6-7-13-9-16(22(18,19)17(13)8-12)11-21-15-5-3-4-14(10-15)20-2/h3-10H,11H2,1-2H3. The van der Waals surface area contributed by atoms with Crippen LogP contribution in [0.25, 0.3) is 6.08 Å². The zero-order valence-electron chi connectivity index (χ0n) is 12.4. The molecule has 0 fully saturated rings. The quantitative estimate of drug-likeness (QED) is 0.869. The molecule has 0 unspecified atom stereocenters. The molecule has 0 aromatic heterocycles. The van der Waals surface area contributed by atoms with Crippen molar-refractivity contribution in [2.75, 3.05) is 13.7 Å². The van der Waals surface area contributed by atoms with Gasteiger partial charge in [0.15, 0.2) is 0 Å². The summed E-state index contributed by atoms with van der Waals surface area (Å²) in [4.78, 5) is 0.632. The maximum atomic E-state index is 12.5. The van der Waals surface area contributed by atoms with E-state index in [-0.39, 0.29) is 11.5 Å². The normalized spacial score (nSPS) is 15.1. The molecule has 0 atom stereocenters. The lowest BCUT2D eigenvalue weighted by molar-refractivity contribution is 0.353. The molecule has 2 aromatic carbocycles. The molecule has 0 amide bonds. The Morgan fingerprint density at radius 3 is 2.59 bits per heavy atom. The largest absolute Gasteiger partial charge is 0.497 e. The van der Waals surface area contributed by atoms with E-state index in [2.05, 4.69) is 0 Å². The molecular formula is C17H16O4S. The molecule has 114 valence electrons. The van der Waals surface area contributed by atoms with Crippen LogP contribution in [0.1, 0.15) is 11.1 Å². The van der Waals surface area contributed by atoms with Gasteiger partial charge in [-0.05, 0) is 42.3 Å². The van der Waals surface area contributed by atoms with Gasteiger partial charge in [0, 0.05) is 6.07 Å². The maximum Gasteiger partial charge on any atom is 0.206 e. The van der Waals surface area contributed by atoms with Crippen molar-refractivity contribution in [2.45, 2.75) is 11.8 Å². The summed E-state index contributed by atoms with van der Waals surface area (Å²) in [7, 11) is -1.88. The smallest absolute Gasteiger partial charge is 0.206 e. The summed E-state index contributed by atoms with van der Waals surface area (Å²) < 4.78 is 35.7. The molecule has 4 nitrogen and oxygen atoms in total. The molecule has 0 saturated carbocycles. The molecule has 5 heteroatoms. The minimum atomic E-state index is -3.45. The van der Waals surface area contributed by atoms with Crippen LogP contribution >= 0.6 is 0 Å². The number of fused-ring (bicyclic) bond motifs is 1. The lowest BCUT2D eigenvalue weighted by Crippen LogP contribution is -2.09. The molecule has 0 saturated heterocycles. The third-order valence-corrected chi connectivity index (χ3v) is 5.40. The Hall–Kier alpha value is -2.27. The van der Waals surface area contributed by atoms with E-state index in [0.717, 1.165) is 11.1 Å². The fourth-order valence-electron chi connectivity index (χ4n) is 2.35. The lowest BCUT2D eigenvalue weighted by atomic mass is 10.1. The van der Waals surface area contributed by atoms with Crippen LogP contribution in [0.2, 0.25) is 0 Å². The van der Waals surface area contributed by atoms with Crippen LogP contribution in [0.3, 0.4) is 0 Å². The Balaban J connectivity index is 1.82. The first-order valence-corrected chi connectivity index (χ1v) is 8.32. The zero-order valence-corrected chi connectivity index (χ0v) is 13.2. The van der Waals surface area contributed by atoms with Crippen LogP contribution in [0.5, 0.6) is 11.5 Å². The van der Waals surface area contributed by atoms with Crippen molar-refractivity contribution >= 4 is 15.9 Å². The number of methoxy groups -OCH3 is 1. The highest BCUT2D eigenvalue weighted by molar-refractivity contribution is 7.95. The van der Waals surface area contributed by atoms with Crippen molar-refractivity contribution in [3.63, 3.8) is 0 Å². The van der Waals surface area contributed by atoms with Crippen LogP contribution in [-0.2, 0) is 9.84 Å². The van der Waals surface area contributed by atoms with E-state index in [4.69, 9.17) is 9.47 Å². The van der Waals surface area contributed by atoms with Crippen molar-refractivity contribution in [3.8, 4) is 11.5 Å². The van der Waals surface area contributed by atoms with Crippen molar-refractivity contribution in [2.24, 2.45) is 0 Å². The van der Waals surface area contributed by atoms with Gasteiger partial charge in [0.2, 0.25) is 9.84 Å². The topological polar surface area (TPSA) is 52.6 Å². The second-order valence-corrected chi connectivity index (χ2v) is 7.09. The van der Waals surface area contributed by atoms with E-state index in [0.29, 0.717) is 16.4 Å². The van der Waals surface area contributed by atoms with E-state index < -0.39 is 9.84 Å². The highest BCUT2D eigenvalue weighted by atomic mass is 32.2. The third-order valence-electron chi connectivity index (χ3n) is 3.54. The first kappa shape index (κ1) is 14.7. The Labute approximate surface area is 129 Å². The summed E-state index contributed by atoms with van der Waals surface area (Å²) in [6.45, 7) is 1.88. The Bertz CT molecular complexity index is 851. The fraction of sp³-hybridized carbons (Fsp3) is 0.176. The number of aryl methyl sites for hydroxylation is 1. The van der Waals surface area contributed by atoms with Gasteiger partial charge in [-0.3, -0.25) is 0 Å². The van der Waals surface area contributed by atoms with Gasteiger partial charge in [-0.25, -0.2) is 8.42 Å². The molecule has 1 aliphatic rings. The zero-order chi connectivity index (χ0) is 15.7. The number of hydrogen-bond acceptors (Lipinski definition) is 4. The highest BCUT2D eigenvalue weighted by Gasteiger charge is 2.29. The summed E-state index contributed by atoms with van der Waals surface area (Å²) in [5.74, 6) is 1.24. The minimum Gasteiger partial charge on any atom is -0.497 e. The maximum absolute atomic E-state index is 12.5. The summed E-state index contributed by atoms with van der Waals surface area (Å²) >= 11 is 0. The molecule has 1 heterocycles. The van der Waals surface area contributed by atoms with E-state index in [9.17, 15) is 8.42 Å². The number of rotatable bonds is 4. The molecule has 22 heavy (non-hydrogen) atoms. The van der Waals surface area contributed by atoms with Gasteiger partial charge >= 0.3 is 0 Å². The second kappa shape index (κ2) is 5.50. The minimum absolute atomic E-state index is 0.00320. The molecule has 0 bridgehead atoms. The molecule has 3 rings (SSSR count). The van der Waals surface area contributed by atoms with E-state index >= 15 is 0 Å². The fourth-order valence-corrected chi connectivity index (χ4v) is 3.91. The molecule has 1 aliphatic heterocycles. The van der Waals surface area contributed by atoms with E-state index in [1.165, 1.54) is 0 Å².